The fourth-order valence-corrected chi connectivity index (χ4v) is 3.80. The molecule has 0 saturated heterocycles. The lowest BCUT2D eigenvalue weighted by molar-refractivity contribution is -0.140. The predicted molar refractivity (Wildman–Crippen MR) is 76.7 cm³/mol. The van der Waals surface area contributed by atoms with Crippen molar-refractivity contribution >= 4 is 23.8 Å². The summed E-state index contributed by atoms with van der Waals surface area (Å²) < 4.78 is 39.4. The lowest BCUT2D eigenvalue weighted by atomic mass is 9.92. The molecular weight excluding hydrogens is 301 g/mol. The van der Waals surface area contributed by atoms with E-state index < -0.39 is 23.0 Å². The standard InChI is InChI=1S/C15H15F3O2S/c1-6-7(2)9(4)12-10(8(6)3)5-11(14(19)20)13(21-12)15(16,17)18/h5,13H,1-4H3,(H,19,20). The molecule has 0 radical (unpaired) electrons. The summed E-state index contributed by atoms with van der Waals surface area (Å²) in [4.78, 5) is 11.7. The van der Waals surface area contributed by atoms with Crippen LogP contribution in [0.15, 0.2) is 10.5 Å². The van der Waals surface area contributed by atoms with Gasteiger partial charge in [0.15, 0.2) is 0 Å². The van der Waals surface area contributed by atoms with E-state index in [4.69, 9.17) is 5.11 Å². The topological polar surface area (TPSA) is 37.3 Å². The molecule has 1 atom stereocenters. The number of carboxylic acids is 1. The zero-order chi connectivity index (χ0) is 16.1. The number of fused-ring (bicyclic) bond motifs is 1. The Balaban J connectivity index is 2.75. The third-order valence-electron chi connectivity index (χ3n) is 4.04. The van der Waals surface area contributed by atoms with Crippen molar-refractivity contribution in [3.8, 4) is 0 Å². The quantitative estimate of drug-likeness (QED) is 0.833. The van der Waals surface area contributed by atoms with Crippen LogP contribution >= 0.6 is 11.8 Å². The van der Waals surface area contributed by atoms with Crippen LogP contribution in [0.2, 0.25) is 0 Å². The summed E-state index contributed by atoms with van der Waals surface area (Å²) in [7, 11) is 0. The van der Waals surface area contributed by atoms with Crippen molar-refractivity contribution in [3.05, 3.63) is 33.4 Å². The van der Waals surface area contributed by atoms with Gasteiger partial charge in [-0.15, -0.1) is 11.8 Å². The number of halogens is 3. The second-order valence-electron chi connectivity index (χ2n) is 5.19. The van der Waals surface area contributed by atoms with Gasteiger partial charge in [-0.25, -0.2) is 4.79 Å². The maximum atomic E-state index is 13.1. The number of hydrogen-bond acceptors (Lipinski definition) is 2. The summed E-state index contributed by atoms with van der Waals surface area (Å²) in [5.74, 6) is -1.52. The second kappa shape index (κ2) is 5.09. The Morgan fingerprint density at radius 1 is 1.10 bits per heavy atom. The van der Waals surface area contributed by atoms with Gasteiger partial charge in [-0.3, -0.25) is 0 Å². The SMILES string of the molecule is Cc1c(C)c(C)c2c(c1C)C=C(C(=O)O)C(C(F)(F)F)S2. The molecule has 0 saturated carbocycles. The molecule has 1 aliphatic rings. The molecule has 1 aromatic carbocycles. The van der Waals surface area contributed by atoms with E-state index in [2.05, 4.69) is 0 Å². The van der Waals surface area contributed by atoms with Crippen molar-refractivity contribution < 1.29 is 23.1 Å². The van der Waals surface area contributed by atoms with Gasteiger partial charge in [0.05, 0.1) is 5.57 Å². The van der Waals surface area contributed by atoms with Crippen LogP contribution in [0.25, 0.3) is 6.08 Å². The first kappa shape index (κ1) is 15.9. The molecule has 1 unspecified atom stereocenters. The molecule has 0 bridgehead atoms. The zero-order valence-electron chi connectivity index (χ0n) is 12.1. The molecule has 1 aliphatic heterocycles. The Bertz CT molecular complexity index is 660. The van der Waals surface area contributed by atoms with E-state index in [9.17, 15) is 18.0 Å². The van der Waals surface area contributed by atoms with Gasteiger partial charge in [-0.2, -0.15) is 13.2 Å². The number of rotatable bonds is 1. The molecule has 0 fully saturated rings. The number of thioether (sulfide) groups is 1. The highest BCUT2D eigenvalue weighted by molar-refractivity contribution is 8.00. The van der Waals surface area contributed by atoms with Gasteiger partial charge in [0.2, 0.25) is 0 Å². The summed E-state index contributed by atoms with van der Waals surface area (Å²) in [5, 5.41) is 7.07. The van der Waals surface area contributed by atoms with Gasteiger partial charge < -0.3 is 5.11 Å². The van der Waals surface area contributed by atoms with E-state index in [1.807, 2.05) is 20.8 Å². The molecular formula is C15H15F3O2S. The van der Waals surface area contributed by atoms with Gasteiger partial charge in [-0.1, -0.05) is 0 Å². The van der Waals surface area contributed by atoms with Crippen LogP contribution in [0.4, 0.5) is 13.2 Å². The molecule has 1 aromatic rings. The molecule has 2 rings (SSSR count). The van der Waals surface area contributed by atoms with Crippen molar-refractivity contribution in [2.75, 3.05) is 0 Å². The first-order chi connectivity index (χ1) is 9.55. The highest BCUT2D eigenvalue weighted by atomic mass is 32.2. The summed E-state index contributed by atoms with van der Waals surface area (Å²) in [5.41, 5.74) is 3.54. The van der Waals surface area contributed by atoms with Crippen LogP contribution in [0.5, 0.6) is 0 Å². The fourth-order valence-electron chi connectivity index (χ4n) is 2.46. The summed E-state index contributed by atoms with van der Waals surface area (Å²) in [6.07, 6.45) is -3.41. The van der Waals surface area contributed by atoms with Crippen molar-refractivity contribution in [3.63, 3.8) is 0 Å². The predicted octanol–water partition coefficient (Wildman–Crippen LogP) is 4.42. The maximum Gasteiger partial charge on any atom is 0.405 e. The molecule has 1 heterocycles. The minimum atomic E-state index is -4.59. The molecule has 114 valence electrons. The van der Waals surface area contributed by atoms with E-state index in [0.717, 1.165) is 22.3 Å². The summed E-state index contributed by atoms with van der Waals surface area (Å²) >= 11 is 0.590. The molecule has 21 heavy (non-hydrogen) atoms. The van der Waals surface area contributed by atoms with E-state index in [1.165, 1.54) is 6.08 Å². The Hall–Kier alpha value is -1.43. The average molecular weight is 316 g/mol. The number of aliphatic carboxylic acids is 1. The third kappa shape index (κ3) is 2.57. The molecule has 0 spiro atoms. The Morgan fingerprint density at radius 3 is 2.10 bits per heavy atom. The average Bonchev–Trinajstić information content (AvgIpc) is 2.40. The zero-order valence-corrected chi connectivity index (χ0v) is 12.9. The van der Waals surface area contributed by atoms with Gasteiger partial charge in [-0.05, 0) is 61.6 Å². The van der Waals surface area contributed by atoms with Crippen LogP contribution in [0, 0.1) is 27.7 Å². The third-order valence-corrected chi connectivity index (χ3v) is 5.56. The largest absolute Gasteiger partial charge is 0.478 e. The minimum absolute atomic E-state index is 0.530. The Labute approximate surface area is 125 Å². The molecule has 0 aliphatic carbocycles. The lowest BCUT2D eigenvalue weighted by Crippen LogP contribution is -2.32. The van der Waals surface area contributed by atoms with Crippen molar-refractivity contribution in [1.29, 1.82) is 0 Å². The maximum absolute atomic E-state index is 13.1. The molecule has 1 N–H and O–H groups in total. The number of benzene rings is 1. The van der Waals surface area contributed by atoms with Crippen LogP contribution in [-0.4, -0.2) is 22.5 Å². The summed E-state index contributed by atoms with van der Waals surface area (Å²) in [6.45, 7) is 7.36. The van der Waals surface area contributed by atoms with E-state index in [1.54, 1.807) is 6.92 Å². The van der Waals surface area contributed by atoms with E-state index in [-0.39, 0.29) is 0 Å². The molecule has 0 aromatic heterocycles. The van der Waals surface area contributed by atoms with Gasteiger partial charge in [0, 0.05) is 4.90 Å². The van der Waals surface area contributed by atoms with Crippen molar-refractivity contribution in [2.45, 2.75) is 44.0 Å². The van der Waals surface area contributed by atoms with Gasteiger partial charge in [0.25, 0.3) is 0 Å². The second-order valence-corrected chi connectivity index (χ2v) is 6.30. The van der Waals surface area contributed by atoms with Crippen LogP contribution in [-0.2, 0) is 4.79 Å². The normalized spacial score (nSPS) is 18.2. The number of alkyl halides is 3. The molecule has 6 heteroatoms. The monoisotopic (exact) mass is 316 g/mol. The van der Waals surface area contributed by atoms with Crippen LogP contribution in [0.3, 0.4) is 0 Å². The van der Waals surface area contributed by atoms with Gasteiger partial charge >= 0.3 is 12.1 Å². The first-order valence-electron chi connectivity index (χ1n) is 6.34. The Kier molecular flexibility index (Phi) is 3.86. The van der Waals surface area contributed by atoms with E-state index in [0.29, 0.717) is 22.2 Å². The van der Waals surface area contributed by atoms with Crippen molar-refractivity contribution in [2.24, 2.45) is 0 Å². The minimum Gasteiger partial charge on any atom is -0.478 e. The highest BCUT2D eigenvalue weighted by Crippen LogP contribution is 2.48. The number of hydrogen-bond donors (Lipinski definition) is 1. The Morgan fingerprint density at radius 2 is 1.62 bits per heavy atom. The van der Waals surface area contributed by atoms with Crippen LogP contribution in [0.1, 0.15) is 27.8 Å². The molecule has 2 nitrogen and oxygen atoms in total. The van der Waals surface area contributed by atoms with E-state index >= 15 is 0 Å². The highest BCUT2D eigenvalue weighted by Gasteiger charge is 2.47. The number of carbonyl (C=O) groups is 1. The fraction of sp³-hybridized carbons (Fsp3) is 0.400. The summed E-state index contributed by atoms with van der Waals surface area (Å²) in [6, 6.07) is 0. The van der Waals surface area contributed by atoms with Gasteiger partial charge in [0.1, 0.15) is 5.25 Å². The van der Waals surface area contributed by atoms with Crippen LogP contribution < -0.4 is 0 Å². The molecule has 0 amide bonds. The lowest BCUT2D eigenvalue weighted by Gasteiger charge is -2.29. The first-order valence-corrected chi connectivity index (χ1v) is 7.22. The van der Waals surface area contributed by atoms with Crippen molar-refractivity contribution in [1.82, 2.24) is 0 Å². The smallest absolute Gasteiger partial charge is 0.405 e. The number of carboxylic acid groups (broad SMARTS) is 1.